The summed E-state index contributed by atoms with van der Waals surface area (Å²) in [6, 6.07) is 8.31. The molecule has 0 atom stereocenters. The number of furan rings is 1. The molecule has 0 spiro atoms. The van der Waals surface area contributed by atoms with E-state index in [1.54, 1.807) is 35.1 Å². The standard InChI is InChI=1S/C17H16ClN3O4/c1-23-15-9-13(16(24-2)8-12(15)18)20-17(22)14-5-4-11(25-14)10-21-7-3-6-19-21/h3-9H,10H2,1-2H3,(H,20,22). The Labute approximate surface area is 149 Å². The zero-order valence-corrected chi connectivity index (χ0v) is 14.4. The van der Waals surface area contributed by atoms with Crippen LogP contribution in [0.2, 0.25) is 5.02 Å². The summed E-state index contributed by atoms with van der Waals surface area (Å²) in [6.45, 7) is 0.443. The molecular formula is C17H16ClN3O4. The van der Waals surface area contributed by atoms with Crippen molar-refractivity contribution in [2.24, 2.45) is 0 Å². The molecule has 0 aliphatic carbocycles. The normalized spacial score (nSPS) is 10.5. The maximum atomic E-state index is 12.4. The van der Waals surface area contributed by atoms with E-state index < -0.39 is 5.91 Å². The van der Waals surface area contributed by atoms with Crippen LogP contribution in [0.5, 0.6) is 11.5 Å². The van der Waals surface area contributed by atoms with Crippen molar-refractivity contribution in [3.05, 3.63) is 59.3 Å². The molecular weight excluding hydrogens is 346 g/mol. The smallest absolute Gasteiger partial charge is 0.291 e. The predicted octanol–water partition coefficient (Wildman–Crippen LogP) is 3.45. The monoisotopic (exact) mass is 361 g/mol. The first-order chi connectivity index (χ1) is 12.1. The van der Waals surface area contributed by atoms with Gasteiger partial charge in [0.15, 0.2) is 5.76 Å². The lowest BCUT2D eigenvalue weighted by atomic mass is 10.2. The number of nitrogens with zero attached hydrogens (tertiary/aromatic N) is 2. The molecule has 0 unspecified atom stereocenters. The van der Waals surface area contributed by atoms with E-state index in [1.165, 1.54) is 14.2 Å². The van der Waals surface area contributed by atoms with Gasteiger partial charge in [-0.25, -0.2) is 0 Å². The molecule has 0 fully saturated rings. The fourth-order valence-electron chi connectivity index (χ4n) is 2.28. The molecule has 0 bridgehead atoms. The molecule has 1 aromatic carbocycles. The zero-order valence-electron chi connectivity index (χ0n) is 13.7. The lowest BCUT2D eigenvalue weighted by Gasteiger charge is -2.12. The van der Waals surface area contributed by atoms with Crippen LogP contribution in [-0.2, 0) is 6.54 Å². The van der Waals surface area contributed by atoms with E-state index in [0.717, 1.165) is 0 Å². The number of hydrogen-bond acceptors (Lipinski definition) is 5. The number of aromatic nitrogens is 2. The highest BCUT2D eigenvalue weighted by atomic mass is 35.5. The van der Waals surface area contributed by atoms with E-state index in [4.69, 9.17) is 25.5 Å². The van der Waals surface area contributed by atoms with Gasteiger partial charge in [-0.1, -0.05) is 11.6 Å². The van der Waals surface area contributed by atoms with Crippen LogP contribution in [0.1, 0.15) is 16.3 Å². The van der Waals surface area contributed by atoms with E-state index in [1.807, 2.05) is 12.3 Å². The number of carbonyl (C=O) groups excluding carboxylic acids is 1. The van der Waals surface area contributed by atoms with Crippen LogP contribution in [-0.4, -0.2) is 29.9 Å². The number of hydrogen-bond donors (Lipinski definition) is 1. The van der Waals surface area contributed by atoms with Crippen molar-refractivity contribution in [2.75, 3.05) is 19.5 Å². The number of carbonyl (C=O) groups is 1. The summed E-state index contributed by atoms with van der Waals surface area (Å²) in [7, 11) is 2.98. The number of methoxy groups -OCH3 is 2. The number of benzene rings is 1. The molecule has 7 nitrogen and oxygen atoms in total. The van der Waals surface area contributed by atoms with Crippen molar-refractivity contribution < 1.29 is 18.7 Å². The second-order valence-electron chi connectivity index (χ2n) is 5.11. The van der Waals surface area contributed by atoms with Gasteiger partial charge in [0, 0.05) is 24.5 Å². The molecule has 0 aliphatic heterocycles. The maximum Gasteiger partial charge on any atom is 0.291 e. The van der Waals surface area contributed by atoms with E-state index in [0.29, 0.717) is 34.5 Å². The molecule has 3 aromatic rings. The molecule has 8 heteroatoms. The highest BCUT2D eigenvalue weighted by molar-refractivity contribution is 6.32. The van der Waals surface area contributed by atoms with Gasteiger partial charge in [0.2, 0.25) is 0 Å². The summed E-state index contributed by atoms with van der Waals surface area (Å²) >= 11 is 6.06. The van der Waals surface area contributed by atoms with Crippen LogP contribution in [0, 0.1) is 0 Å². The minimum atomic E-state index is -0.408. The van der Waals surface area contributed by atoms with Crippen LogP contribution >= 0.6 is 11.6 Å². The molecule has 0 aliphatic rings. The average molecular weight is 362 g/mol. The number of nitrogens with one attached hydrogen (secondary N) is 1. The van der Waals surface area contributed by atoms with Crippen molar-refractivity contribution in [1.82, 2.24) is 9.78 Å². The average Bonchev–Trinajstić information content (AvgIpc) is 3.28. The molecule has 0 radical (unpaired) electrons. The molecule has 1 N–H and O–H groups in total. The summed E-state index contributed by atoms with van der Waals surface area (Å²) in [6.07, 6.45) is 3.49. The molecule has 25 heavy (non-hydrogen) atoms. The van der Waals surface area contributed by atoms with Crippen molar-refractivity contribution in [2.45, 2.75) is 6.54 Å². The van der Waals surface area contributed by atoms with Crippen molar-refractivity contribution >= 4 is 23.2 Å². The molecule has 1 amide bonds. The van der Waals surface area contributed by atoms with Gasteiger partial charge < -0.3 is 19.2 Å². The molecule has 0 saturated carbocycles. The van der Waals surface area contributed by atoms with Gasteiger partial charge in [0.1, 0.15) is 17.3 Å². The van der Waals surface area contributed by atoms with E-state index in [2.05, 4.69) is 10.4 Å². The first-order valence-corrected chi connectivity index (χ1v) is 7.77. The summed E-state index contributed by atoms with van der Waals surface area (Å²) in [4.78, 5) is 12.4. The van der Waals surface area contributed by atoms with Crippen LogP contribution in [0.15, 0.2) is 47.1 Å². The Bertz CT molecular complexity index is 874. The minimum absolute atomic E-state index is 0.179. The Morgan fingerprint density at radius 1 is 1.28 bits per heavy atom. The SMILES string of the molecule is COc1cc(NC(=O)c2ccc(Cn3cccn3)o2)c(OC)cc1Cl. The Balaban J connectivity index is 1.77. The third-order valence-corrected chi connectivity index (χ3v) is 3.78. The Morgan fingerprint density at radius 3 is 2.76 bits per heavy atom. The van der Waals surface area contributed by atoms with Gasteiger partial charge in [-0.15, -0.1) is 0 Å². The fourth-order valence-corrected chi connectivity index (χ4v) is 2.51. The second kappa shape index (κ2) is 7.31. The predicted molar refractivity (Wildman–Crippen MR) is 92.5 cm³/mol. The van der Waals surface area contributed by atoms with Crippen molar-refractivity contribution in [3.8, 4) is 11.5 Å². The number of amides is 1. The molecule has 2 heterocycles. The number of rotatable bonds is 6. The largest absolute Gasteiger partial charge is 0.495 e. The number of halogens is 1. The first kappa shape index (κ1) is 16.9. The van der Waals surface area contributed by atoms with E-state index >= 15 is 0 Å². The molecule has 0 saturated heterocycles. The molecule has 2 aromatic heterocycles. The van der Waals surface area contributed by atoms with Gasteiger partial charge in [0.05, 0.1) is 31.5 Å². The summed E-state index contributed by atoms with van der Waals surface area (Å²) in [5.74, 6) is 1.24. The molecule has 3 rings (SSSR count). The van der Waals surface area contributed by atoms with Crippen LogP contribution in [0.3, 0.4) is 0 Å². The first-order valence-electron chi connectivity index (χ1n) is 7.39. The highest BCUT2D eigenvalue weighted by Gasteiger charge is 2.16. The lowest BCUT2D eigenvalue weighted by Crippen LogP contribution is -2.12. The highest BCUT2D eigenvalue weighted by Crippen LogP contribution is 2.36. The third kappa shape index (κ3) is 3.77. The van der Waals surface area contributed by atoms with Gasteiger partial charge in [0.25, 0.3) is 5.91 Å². The maximum absolute atomic E-state index is 12.4. The summed E-state index contributed by atoms with van der Waals surface area (Å²) in [5.41, 5.74) is 0.429. The van der Waals surface area contributed by atoms with E-state index in [-0.39, 0.29) is 5.76 Å². The second-order valence-corrected chi connectivity index (χ2v) is 5.52. The third-order valence-electron chi connectivity index (χ3n) is 3.48. The molecule has 130 valence electrons. The Morgan fingerprint density at radius 2 is 2.08 bits per heavy atom. The Kier molecular flexibility index (Phi) is 4.95. The quantitative estimate of drug-likeness (QED) is 0.727. The minimum Gasteiger partial charge on any atom is -0.495 e. The topological polar surface area (TPSA) is 78.5 Å². The van der Waals surface area contributed by atoms with Crippen LogP contribution in [0.4, 0.5) is 5.69 Å². The fraction of sp³-hybridized carbons (Fsp3) is 0.176. The van der Waals surface area contributed by atoms with Gasteiger partial charge in [-0.2, -0.15) is 5.10 Å². The van der Waals surface area contributed by atoms with Gasteiger partial charge in [-0.05, 0) is 18.2 Å². The van der Waals surface area contributed by atoms with Crippen molar-refractivity contribution in [3.63, 3.8) is 0 Å². The lowest BCUT2D eigenvalue weighted by molar-refractivity contribution is 0.0994. The number of ether oxygens (including phenoxy) is 2. The van der Waals surface area contributed by atoms with Gasteiger partial charge >= 0.3 is 0 Å². The van der Waals surface area contributed by atoms with Gasteiger partial charge in [-0.3, -0.25) is 9.48 Å². The van der Waals surface area contributed by atoms with E-state index in [9.17, 15) is 4.79 Å². The van der Waals surface area contributed by atoms with Crippen molar-refractivity contribution in [1.29, 1.82) is 0 Å². The Hall–Kier alpha value is -2.93. The van der Waals surface area contributed by atoms with Crippen LogP contribution < -0.4 is 14.8 Å². The summed E-state index contributed by atoms with van der Waals surface area (Å²) < 4.78 is 17.7. The number of anilines is 1. The zero-order chi connectivity index (χ0) is 17.8. The summed E-state index contributed by atoms with van der Waals surface area (Å²) in [5, 5.41) is 7.22. The van der Waals surface area contributed by atoms with Crippen LogP contribution in [0.25, 0.3) is 0 Å².